The van der Waals surface area contributed by atoms with Crippen LogP contribution in [-0.2, 0) is 29.1 Å². The van der Waals surface area contributed by atoms with E-state index in [0.717, 1.165) is 30.8 Å². The molecule has 2 N–H and O–H groups in total. The summed E-state index contributed by atoms with van der Waals surface area (Å²) in [5.41, 5.74) is 3.43. The van der Waals surface area contributed by atoms with Crippen LogP contribution in [0.1, 0.15) is 28.5 Å². The Kier molecular flexibility index (Phi) is 6.87. The van der Waals surface area contributed by atoms with Crippen molar-refractivity contribution in [3.63, 3.8) is 0 Å². The number of carbonyl (C=O) groups is 2. The molecule has 0 unspecified atom stereocenters. The highest BCUT2D eigenvalue weighted by Gasteiger charge is 2.27. The Hall–Kier alpha value is -3.58. The smallest absolute Gasteiger partial charge is 0.309 e. The number of rotatable bonds is 7. The van der Waals surface area contributed by atoms with Crippen LogP contribution in [0.15, 0.2) is 71.3 Å². The molecular weight excluding hydrogens is 406 g/mol. The van der Waals surface area contributed by atoms with E-state index < -0.39 is 11.8 Å². The Labute approximate surface area is 187 Å². The number of hydrogen-bond donors (Lipinski definition) is 2. The zero-order valence-corrected chi connectivity index (χ0v) is 18.0. The van der Waals surface area contributed by atoms with Crippen molar-refractivity contribution in [3.05, 3.63) is 89.4 Å². The van der Waals surface area contributed by atoms with Gasteiger partial charge in [0, 0.05) is 31.7 Å². The van der Waals surface area contributed by atoms with Crippen molar-refractivity contribution < 1.29 is 18.7 Å². The van der Waals surface area contributed by atoms with E-state index in [4.69, 9.17) is 9.15 Å². The molecule has 1 aliphatic rings. The van der Waals surface area contributed by atoms with Gasteiger partial charge in [-0.2, -0.15) is 0 Å². The van der Waals surface area contributed by atoms with Crippen molar-refractivity contribution in [2.45, 2.75) is 25.6 Å². The van der Waals surface area contributed by atoms with Gasteiger partial charge in [0.2, 0.25) is 0 Å². The monoisotopic (exact) mass is 433 g/mol. The molecule has 1 aromatic heterocycles. The minimum absolute atomic E-state index is 0.163. The molecule has 2 aromatic carbocycles. The third kappa shape index (κ3) is 5.00. The maximum absolute atomic E-state index is 12.5. The molecule has 2 amide bonds. The standard InChI is InChI=1S/C25H27N3O4/c1-31-22-10-5-4-8-19(22)15-26-24(29)25(30)27-16-21(23-11-6-14-32-23)28-13-12-18-7-2-3-9-20(18)17-28/h2-11,14,21H,12-13,15-17H2,1H3,(H,26,29)(H,27,30)/t21-/m1/s1. The third-order valence-corrected chi connectivity index (χ3v) is 5.77. The van der Waals surface area contributed by atoms with Crippen LogP contribution in [0.25, 0.3) is 0 Å². The van der Waals surface area contributed by atoms with Gasteiger partial charge in [-0.05, 0) is 35.7 Å². The fourth-order valence-corrected chi connectivity index (χ4v) is 4.05. The Bertz CT molecular complexity index is 1060. The van der Waals surface area contributed by atoms with E-state index >= 15 is 0 Å². The molecule has 32 heavy (non-hydrogen) atoms. The predicted octanol–water partition coefficient (Wildman–Crippen LogP) is 2.82. The highest BCUT2D eigenvalue weighted by atomic mass is 16.5. The first-order chi connectivity index (χ1) is 15.7. The minimum Gasteiger partial charge on any atom is -0.496 e. The van der Waals surface area contributed by atoms with Gasteiger partial charge in [-0.15, -0.1) is 0 Å². The highest BCUT2D eigenvalue weighted by molar-refractivity contribution is 6.35. The van der Waals surface area contributed by atoms with Crippen LogP contribution < -0.4 is 15.4 Å². The van der Waals surface area contributed by atoms with Gasteiger partial charge >= 0.3 is 11.8 Å². The molecule has 7 heteroatoms. The normalized spacial score (nSPS) is 14.3. The first-order valence-corrected chi connectivity index (χ1v) is 10.7. The van der Waals surface area contributed by atoms with Gasteiger partial charge in [-0.25, -0.2) is 0 Å². The lowest BCUT2D eigenvalue weighted by Crippen LogP contribution is -2.45. The summed E-state index contributed by atoms with van der Waals surface area (Å²) in [7, 11) is 1.57. The maximum atomic E-state index is 12.5. The second-order valence-electron chi connectivity index (χ2n) is 7.72. The summed E-state index contributed by atoms with van der Waals surface area (Å²) in [6, 6.07) is 19.3. The van der Waals surface area contributed by atoms with Crippen LogP contribution in [-0.4, -0.2) is 36.9 Å². The van der Waals surface area contributed by atoms with Gasteiger partial charge < -0.3 is 19.8 Å². The molecule has 2 heterocycles. The second kappa shape index (κ2) is 10.2. The molecule has 1 aliphatic heterocycles. The Morgan fingerprint density at radius 3 is 2.53 bits per heavy atom. The SMILES string of the molecule is COc1ccccc1CNC(=O)C(=O)NC[C@H](c1ccco1)N1CCc2ccccc2C1. The third-order valence-electron chi connectivity index (χ3n) is 5.77. The minimum atomic E-state index is -0.682. The molecule has 0 saturated heterocycles. The van der Waals surface area contributed by atoms with Crippen molar-refractivity contribution in [2.24, 2.45) is 0 Å². The number of nitrogens with one attached hydrogen (secondary N) is 2. The average molecular weight is 434 g/mol. The Morgan fingerprint density at radius 2 is 1.75 bits per heavy atom. The van der Waals surface area contributed by atoms with Crippen LogP contribution in [0.4, 0.5) is 0 Å². The largest absolute Gasteiger partial charge is 0.496 e. The van der Waals surface area contributed by atoms with Crippen molar-refractivity contribution in [3.8, 4) is 5.75 Å². The summed E-state index contributed by atoms with van der Waals surface area (Å²) >= 11 is 0. The summed E-state index contributed by atoms with van der Waals surface area (Å²) < 4.78 is 10.9. The zero-order valence-electron chi connectivity index (χ0n) is 18.0. The molecule has 7 nitrogen and oxygen atoms in total. The Morgan fingerprint density at radius 1 is 1.00 bits per heavy atom. The number of furan rings is 1. The molecule has 4 rings (SSSR count). The molecule has 0 bridgehead atoms. The molecule has 0 radical (unpaired) electrons. The number of hydrogen-bond acceptors (Lipinski definition) is 5. The number of carbonyl (C=O) groups excluding carboxylic acids is 2. The van der Waals surface area contributed by atoms with Crippen LogP contribution in [0.5, 0.6) is 5.75 Å². The van der Waals surface area contributed by atoms with Gasteiger partial charge in [-0.3, -0.25) is 14.5 Å². The molecule has 3 aromatic rings. The summed E-state index contributed by atoms with van der Waals surface area (Å²) in [6.45, 7) is 2.09. The number of para-hydroxylation sites is 1. The van der Waals surface area contributed by atoms with Gasteiger partial charge in [0.15, 0.2) is 0 Å². The zero-order chi connectivity index (χ0) is 22.3. The van der Waals surface area contributed by atoms with E-state index in [-0.39, 0.29) is 19.1 Å². The van der Waals surface area contributed by atoms with E-state index in [1.807, 2.05) is 42.5 Å². The summed E-state index contributed by atoms with van der Waals surface area (Å²) in [6.07, 6.45) is 2.56. The predicted molar refractivity (Wildman–Crippen MR) is 120 cm³/mol. The Balaban J connectivity index is 1.37. The first-order valence-electron chi connectivity index (χ1n) is 10.7. The molecule has 0 saturated carbocycles. The maximum Gasteiger partial charge on any atom is 0.309 e. The van der Waals surface area contributed by atoms with Crippen molar-refractivity contribution in [1.29, 1.82) is 0 Å². The van der Waals surface area contributed by atoms with Crippen LogP contribution in [0.3, 0.4) is 0 Å². The summed E-state index contributed by atoms with van der Waals surface area (Å²) in [4.78, 5) is 27.1. The highest BCUT2D eigenvalue weighted by Crippen LogP contribution is 2.27. The summed E-state index contributed by atoms with van der Waals surface area (Å²) in [5, 5.41) is 5.43. The van der Waals surface area contributed by atoms with E-state index in [0.29, 0.717) is 5.75 Å². The van der Waals surface area contributed by atoms with Gasteiger partial charge in [0.05, 0.1) is 19.4 Å². The molecule has 0 fully saturated rings. The topological polar surface area (TPSA) is 83.8 Å². The van der Waals surface area contributed by atoms with E-state index in [1.54, 1.807) is 13.4 Å². The lowest BCUT2D eigenvalue weighted by Gasteiger charge is -2.34. The fraction of sp³-hybridized carbons (Fsp3) is 0.280. The number of benzene rings is 2. The number of ether oxygens (including phenoxy) is 1. The van der Waals surface area contributed by atoms with Crippen LogP contribution in [0, 0.1) is 0 Å². The van der Waals surface area contributed by atoms with Gasteiger partial charge in [-0.1, -0.05) is 42.5 Å². The first kappa shape index (κ1) is 21.6. The molecule has 166 valence electrons. The number of fused-ring (bicyclic) bond motifs is 1. The van der Waals surface area contributed by atoms with Crippen LogP contribution >= 0.6 is 0 Å². The molecule has 0 aliphatic carbocycles. The fourth-order valence-electron chi connectivity index (χ4n) is 4.05. The summed E-state index contributed by atoms with van der Waals surface area (Å²) in [5.74, 6) is 0.0718. The number of methoxy groups -OCH3 is 1. The molecule has 0 spiro atoms. The van der Waals surface area contributed by atoms with E-state index in [1.165, 1.54) is 11.1 Å². The lowest BCUT2D eigenvalue weighted by molar-refractivity contribution is -0.139. The van der Waals surface area contributed by atoms with Gasteiger partial charge in [0.1, 0.15) is 11.5 Å². The number of amides is 2. The van der Waals surface area contributed by atoms with Crippen molar-refractivity contribution >= 4 is 11.8 Å². The van der Waals surface area contributed by atoms with Crippen LogP contribution in [0.2, 0.25) is 0 Å². The molecular formula is C25H27N3O4. The van der Waals surface area contributed by atoms with E-state index in [2.05, 4.69) is 33.7 Å². The van der Waals surface area contributed by atoms with Crippen molar-refractivity contribution in [2.75, 3.05) is 20.2 Å². The average Bonchev–Trinajstić information content (AvgIpc) is 3.37. The number of nitrogens with zero attached hydrogens (tertiary/aromatic N) is 1. The molecule has 1 atom stereocenters. The lowest BCUT2D eigenvalue weighted by atomic mass is 9.98. The van der Waals surface area contributed by atoms with E-state index in [9.17, 15) is 9.59 Å². The van der Waals surface area contributed by atoms with Gasteiger partial charge in [0.25, 0.3) is 0 Å². The second-order valence-corrected chi connectivity index (χ2v) is 7.72. The van der Waals surface area contributed by atoms with Crippen molar-refractivity contribution in [1.82, 2.24) is 15.5 Å². The quantitative estimate of drug-likeness (QED) is 0.560.